The Balaban J connectivity index is 4.50. The van der Waals surface area contributed by atoms with Gasteiger partial charge in [0.2, 0.25) is 10.3 Å². The van der Waals surface area contributed by atoms with Crippen LogP contribution < -0.4 is 0 Å². The normalized spacial score (nSPS) is 9.50. The lowest BCUT2D eigenvalue weighted by atomic mass is 10.7. The van der Waals surface area contributed by atoms with Crippen molar-refractivity contribution in [3.8, 4) is 0 Å². The average molecular weight is 135 g/mol. The lowest BCUT2D eigenvalue weighted by Gasteiger charge is -2.02. The molecule has 0 aromatic carbocycles. The molecule has 0 radical (unpaired) electrons. The van der Waals surface area contributed by atoms with E-state index in [1.54, 1.807) is 25.9 Å². The summed E-state index contributed by atoms with van der Waals surface area (Å²) in [7, 11) is 1.32. The summed E-state index contributed by atoms with van der Waals surface area (Å²) >= 11 is 0. The fraction of sp³-hybridized carbons (Fsp3) is 0.750. The Bertz CT molecular complexity index is 182. The van der Waals surface area contributed by atoms with Crippen LogP contribution in [-0.2, 0) is 10.3 Å². The molecule has 8 heavy (non-hydrogen) atoms. The summed E-state index contributed by atoms with van der Waals surface area (Å²) in [5.41, 5.74) is 0. The molecule has 0 N–H and O–H groups in total. The van der Waals surface area contributed by atoms with Crippen LogP contribution in [0.1, 0.15) is 6.92 Å². The summed E-state index contributed by atoms with van der Waals surface area (Å²) in [5, 5.41) is 0. The Hall–Kier alpha value is -0.350. The molecule has 4 heteroatoms. The molecule has 48 valence electrons. The predicted octanol–water partition coefficient (Wildman–Crippen LogP) is -0.423. The van der Waals surface area contributed by atoms with Gasteiger partial charge in [-0.15, -0.1) is 0 Å². The zero-order chi connectivity index (χ0) is 6.73. The highest BCUT2D eigenvalue weighted by atomic mass is 32.2. The van der Waals surface area contributed by atoms with Gasteiger partial charge in [0.15, 0.2) is 0 Å². The second kappa shape index (κ2) is 2.84. The van der Waals surface area contributed by atoms with Gasteiger partial charge in [0.1, 0.15) is 4.99 Å². The van der Waals surface area contributed by atoms with Crippen LogP contribution in [0.3, 0.4) is 0 Å². The van der Waals surface area contributed by atoms with Crippen LogP contribution in [0.25, 0.3) is 0 Å². The van der Waals surface area contributed by atoms with Crippen molar-refractivity contribution in [3.05, 3.63) is 0 Å². The molecule has 3 nitrogen and oxygen atoms in total. The highest BCUT2D eigenvalue weighted by Gasteiger charge is 1.92. The van der Waals surface area contributed by atoms with Gasteiger partial charge in [-0.05, 0) is 21.0 Å². The second-order valence-electron chi connectivity index (χ2n) is 1.65. The Kier molecular flexibility index (Phi) is 2.71. The van der Waals surface area contributed by atoms with E-state index < -0.39 is 10.3 Å². The summed E-state index contributed by atoms with van der Waals surface area (Å²) in [4.78, 5) is 1.90. The third kappa shape index (κ3) is 2.09. The molecule has 0 aliphatic heterocycles. The molecule has 0 amide bonds. The largest absolute Gasteiger partial charge is 0.272 e. The van der Waals surface area contributed by atoms with Gasteiger partial charge in [-0.25, -0.2) is 0 Å². The van der Waals surface area contributed by atoms with Crippen LogP contribution in [0.5, 0.6) is 0 Å². The van der Waals surface area contributed by atoms with Gasteiger partial charge >= 0.3 is 0 Å². The first-order chi connectivity index (χ1) is 3.55. The van der Waals surface area contributed by atoms with Crippen molar-refractivity contribution in [1.29, 1.82) is 0 Å². The molecule has 0 saturated carbocycles. The molecule has 0 fully saturated rings. The molecule has 0 aromatic rings. The Labute approximate surface area is 50.5 Å². The van der Waals surface area contributed by atoms with Gasteiger partial charge in [0.25, 0.3) is 0 Å². The lowest BCUT2D eigenvalue weighted by molar-refractivity contribution is 0.607. The SMILES string of the molecule is CC(N(C)C)=S(=O)=O. The third-order valence-corrected chi connectivity index (χ3v) is 1.72. The maximum absolute atomic E-state index is 10.1. The number of nitrogens with zero attached hydrogens (tertiary/aromatic N) is 1. The second-order valence-corrected chi connectivity index (χ2v) is 2.71. The monoisotopic (exact) mass is 135 g/mol. The van der Waals surface area contributed by atoms with Crippen LogP contribution >= 0.6 is 0 Å². The predicted molar refractivity (Wildman–Crippen MR) is 33.3 cm³/mol. The molecule has 0 aromatic heterocycles. The summed E-state index contributed by atoms with van der Waals surface area (Å²) < 4.78 is 20.1. The van der Waals surface area contributed by atoms with Gasteiger partial charge in [-0.2, -0.15) is 8.42 Å². The first-order valence-corrected chi connectivity index (χ1v) is 3.23. The lowest BCUT2D eigenvalue weighted by Crippen LogP contribution is -2.18. The first-order valence-electron chi connectivity index (χ1n) is 2.16. The van der Waals surface area contributed by atoms with Crippen molar-refractivity contribution in [2.45, 2.75) is 6.92 Å². The van der Waals surface area contributed by atoms with E-state index in [9.17, 15) is 8.42 Å². The first kappa shape index (κ1) is 7.65. The van der Waals surface area contributed by atoms with Crippen LogP contribution in [0.4, 0.5) is 0 Å². The maximum atomic E-state index is 10.1. The molecule has 0 aliphatic rings. The minimum Gasteiger partial charge on any atom is -0.272 e. The Morgan fingerprint density at radius 2 is 1.75 bits per heavy atom. The molecule has 0 bridgehead atoms. The molecular formula is C4H9NO2S. The van der Waals surface area contributed by atoms with Crippen LogP contribution in [0.15, 0.2) is 0 Å². The van der Waals surface area contributed by atoms with Gasteiger partial charge < -0.3 is 0 Å². The molecule has 0 aliphatic carbocycles. The smallest absolute Gasteiger partial charge is 0.228 e. The van der Waals surface area contributed by atoms with E-state index in [-0.39, 0.29) is 0 Å². The average Bonchev–Trinajstić information content (AvgIpc) is 1.64. The maximum Gasteiger partial charge on any atom is 0.228 e. The van der Waals surface area contributed by atoms with Gasteiger partial charge in [0.05, 0.1) is 0 Å². The minimum atomic E-state index is -2.05. The van der Waals surface area contributed by atoms with Crippen molar-refractivity contribution in [2.24, 2.45) is 0 Å². The van der Waals surface area contributed by atoms with Gasteiger partial charge in [-0.3, -0.25) is 4.90 Å². The van der Waals surface area contributed by atoms with Crippen LogP contribution in [0, 0.1) is 0 Å². The Morgan fingerprint density at radius 1 is 1.38 bits per heavy atom. The minimum absolute atomic E-state index is 0.352. The summed E-state index contributed by atoms with van der Waals surface area (Å²) in [6, 6.07) is 0. The third-order valence-electron chi connectivity index (χ3n) is 0.871. The van der Waals surface area contributed by atoms with Crippen molar-refractivity contribution < 1.29 is 8.42 Å². The standard InChI is InChI=1S/C4H9NO2S/c1-4(5(2)3)8(6)7/h1-3H3. The number of hydrogen-bond acceptors (Lipinski definition) is 2. The topological polar surface area (TPSA) is 37.4 Å². The summed E-state index contributed by atoms with van der Waals surface area (Å²) in [6.07, 6.45) is 0. The van der Waals surface area contributed by atoms with Crippen LogP contribution in [0.2, 0.25) is 0 Å². The van der Waals surface area contributed by atoms with E-state index in [2.05, 4.69) is 0 Å². The van der Waals surface area contributed by atoms with Crippen molar-refractivity contribution in [3.63, 3.8) is 0 Å². The van der Waals surface area contributed by atoms with Crippen LogP contribution in [-0.4, -0.2) is 32.4 Å². The van der Waals surface area contributed by atoms with Crippen molar-refractivity contribution >= 4 is 15.3 Å². The number of rotatable bonds is 0. The van der Waals surface area contributed by atoms with E-state index in [0.717, 1.165) is 0 Å². The Morgan fingerprint density at radius 3 is 1.75 bits per heavy atom. The van der Waals surface area contributed by atoms with E-state index in [4.69, 9.17) is 0 Å². The van der Waals surface area contributed by atoms with E-state index in [1.165, 1.54) is 0 Å². The quantitative estimate of drug-likeness (QED) is 0.423. The fourth-order valence-electron chi connectivity index (χ4n) is 0.149. The molecule has 0 saturated heterocycles. The molecule has 0 spiro atoms. The zero-order valence-corrected chi connectivity index (χ0v) is 5.99. The highest BCUT2D eigenvalue weighted by Crippen LogP contribution is 1.74. The van der Waals surface area contributed by atoms with E-state index >= 15 is 0 Å². The molecule has 0 atom stereocenters. The van der Waals surface area contributed by atoms with Gasteiger partial charge in [0, 0.05) is 0 Å². The summed E-state index contributed by atoms with van der Waals surface area (Å²) in [5.74, 6) is 0. The molecule has 0 heterocycles. The van der Waals surface area contributed by atoms with E-state index in [0.29, 0.717) is 4.99 Å². The molecule has 0 unspecified atom stereocenters. The number of hydrogen-bond donors (Lipinski definition) is 0. The summed E-state index contributed by atoms with van der Waals surface area (Å²) in [6.45, 7) is 1.54. The highest BCUT2D eigenvalue weighted by molar-refractivity contribution is 7.72. The molecule has 0 rings (SSSR count). The van der Waals surface area contributed by atoms with Gasteiger partial charge in [-0.1, -0.05) is 0 Å². The van der Waals surface area contributed by atoms with E-state index in [1.807, 2.05) is 0 Å². The molecular weight excluding hydrogens is 126 g/mol. The van der Waals surface area contributed by atoms with Crippen molar-refractivity contribution in [2.75, 3.05) is 14.1 Å². The fourth-order valence-corrected chi connectivity index (χ4v) is 0.447. The van der Waals surface area contributed by atoms with Crippen molar-refractivity contribution in [1.82, 2.24) is 4.90 Å². The zero-order valence-electron chi connectivity index (χ0n) is 5.17.